The van der Waals surface area contributed by atoms with E-state index in [1.54, 1.807) is 6.33 Å². The Kier molecular flexibility index (Phi) is 5.49. The molecule has 7 rings (SSSR count). The number of hydrogen-bond donors (Lipinski definition) is 1. The Hall–Kier alpha value is -1.98. The van der Waals surface area contributed by atoms with Crippen molar-refractivity contribution in [2.24, 2.45) is 34.5 Å². The molecule has 2 heterocycles. The van der Waals surface area contributed by atoms with Crippen LogP contribution >= 0.6 is 0 Å². The van der Waals surface area contributed by atoms with E-state index < -0.39 is 5.41 Å². The Bertz CT molecular complexity index is 945. The SMILES string of the molecule is CC(C)(C(=O)Nc1ncnc2c1CCN(C(=O)CC1CCCC1)C2)C12CC3CC(CC(C3)C1)C2. The lowest BCUT2D eigenvalue weighted by Crippen LogP contribution is -2.56. The van der Waals surface area contributed by atoms with Crippen molar-refractivity contribution in [3.05, 3.63) is 17.6 Å². The van der Waals surface area contributed by atoms with E-state index in [2.05, 4.69) is 29.1 Å². The number of nitrogens with one attached hydrogen (secondary N) is 1. The van der Waals surface area contributed by atoms with E-state index in [1.165, 1.54) is 64.2 Å². The van der Waals surface area contributed by atoms with Gasteiger partial charge >= 0.3 is 0 Å². The molecular formula is C28H40N4O2. The molecule has 1 N–H and O–H groups in total. The van der Waals surface area contributed by atoms with E-state index in [-0.39, 0.29) is 17.2 Å². The zero-order valence-corrected chi connectivity index (χ0v) is 20.9. The van der Waals surface area contributed by atoms with Crippen molar-refractivity contribution in [1.82, 2.24) is 14.9 Å². The van der Waals surface area contributed by atoms with Gasteiger partial charge in [0, 0.05) is 23.9 Å². The Morgan fingerprint density at radius 1 is 1.06 bits per heavy atom. The van der Waals surface area contributed by atoms with E-state index in [1.807, 2.05) is 4.90 Å². The van der Waals surface area contributed by atoms with Crippen LogP contribution in [0.3, 0.4) is 0 Å². The van der Waals surface area contributed by atoms with Gasteiger partial charge < -0.3 is 10.2 Å². The minimum Gasteiger partial charge on any atom is -0.336 e. The van der Waals surface area contributed by atoms with Gasteiger partial charge in [0.25, 0.3) is 0 Å². The number of nitrogens with zero attached hydrogens (tertiary/aromatic N) is 3. The summed E-state index contributed by atoms with van der Waals surface area (Å²) < 4.78 is 0. The summed E-state index contributed by atoms with van der Waals surface area (Å²) in [5, 5.41) is 3.24. The number of rotatable bonds is 5. The van der Waals surface area contributed by atoms with Crippen LogP contribution in [0, 0.1) is 34.5 Å². The number of anilines is 1. The largest absolute Gasteiger partial charge is 0.336 e. The molecule has 184 valence electrons. The minimum atomic E-state index is -0.418. The zero-order valence-electron chi connectivity index (χ0n) is 20.9. The van der Waals surface area contributed by atoms with Gasteiger partial charge in [-0.05, 0) is 86.9 Å². The molecule has 1 aromatic rings. The third kappa shape index (κ3) is 3.76. The van der Waals surface area contributed by atoms with Crippen molar-refractivity contribution in [3.63, 3.8) is 0 Å². The molecule has 6 heteroatoms. The van der Waals surface area contributed by atoms with Crippen molar-refractivity contribution in [2.75, 3.05) is 11.9 Å². The lowest BCUT2D eigenvalue weighted by molar-refractivity contribution is -0.151. The van der Waals surface area contributed by atoms with Crippen LogP contribution in [-0.4, -0.2) is 33.2 Å². The molecule has 0 unspecified atom stereocenters. The van der Waals surface area contributed by atoms with Crippen molar-refractivity contribution in [3.8, 4) is 0 Å². The highest BCUT2D eigenvalue weighted by Crippen LogP contribution is 2.66. The van der Waals surface area contributed by atoms with Gasteiger partial charge in [0.2, 0.25) is 11.8 Å². The Labute approximate surface area is 203 Å². The van der Waals surface area contributed by atoms with Gasteiger partial charge in [-0.1, -0.05) is 26.7 Å². The molecule has 0 radical (unpaired) electrons. The van der Waals surface area contributed by atoms with Crippen molar-refractivity contribution in [2.45, 2.75) is 97.4 Å². The molecule has 2 amide bonds. The van der Waals surface area contributed by atoms with Gasteiger partial charge in [-0.3, -0.25) is 9.59 Å². The van der Waals surface area contributed by atoms with Crippen LogP contribution in [0.15, 0.2) is 6.33 Å². The van der Waals surface area contributed by atoms with Crippen molar-refractivity contribution < 1.29 is 9.59 Å². The lowest BCUT2D eigenvalue weighted by atomic mass is 9.43. The van der Waals surface area contributed by atoms with E-state index in [0.29, 0.717) is 37.7 Å². The van der Waals surface area contributed by atoms with E-state index in [0.717, 1.165) is 29.0 Å². The molecule has 0 aromatic carbocycles. The third-order valence-electron chi connectivity index (χ3n) is 10.5. The van der Waals surface area contributed by atoms with Crippen LogP contribution < -0.4 is 5.32 Å². The fraction of sp³-hybridized carbons (Fsp3) is 0.786. The molecular weight excluding hydrogens is 424 g/mol. The monoisotopic (exact) mass is 464 g/mol. The fourth-order valence-electron chi connectivity index (χ4n) is 8.65. The second-order valence-electron chi connectivity index (χ2n) is 12.8. The van der Waals surface area contributed by atoms with Gasteiger partial charge in [-0.25, -0.2) is 9.97 Å². The zero-order chi connectivity index (χ0) is 23.5. The molecule has 0 saturated heterocycles. The first-order chi connectivity index (χ1) is 16.3. The molecule has 5 saturated carbocycles. The van der Waals surface area contributed by atoms with Crippen LogP contribution in [0.5, 0.6) is 0 Å². The van der Waals surface area contributed by atoms with Gasteiger partial charge in [-0.15, -0.1) is 0 Å². The summed E-state index contributed by atoms with van der Waals surface area (Å²) in [6, 6.07) is 0. The highest BCUT2D eigenvalue weighted by Gasteiger charge is 2.59. The molecule has 0 spiro atoms. The second kappa shape index (κ2) is 8.30. The maximum atomic E-state index is 13.8. The predicted molar refractivity (Wildman–Crippen MR) is 131 cm³/mol. The molecule has 5 aliphatic carbocycles. The first-order valence-corrected chi connectivity index (χ1v) is 13.7. The van der Waals surface area contributed by atoms with Crippen LogP contribution in [0.1, 0.15) is 95.7 Å². The van der Waals surface area contributed by atoms with Gasteiger partial charge in [0.1, 0.15) is 12.1 Å². The Balaban J connectivity index is 1.16. The van der Waals surface area contributed by atoms with E-state index in [9.17, 15) is 9.59 Å². The third-order valence-corrected chi connectivity index (χ3v) is 10.5. The molecule has 4 bridgehead atoms. The summed E-state index contributed by atoms with van der Waals surface area (Å²) in [6.07, 6.45) is 15.6. The fourth-order valence-corrected chi connectivity index (χ4v) is 8.65. The highest BCUT2D eigenvalue weighted by atomic mass is 16.2. The average Bonchev–Trinajstić information content (AvgIpc) is 3.31. The minimum absolute atomic E-state index is 0.107. The highest BCUT2D eigenvalue weighted by molar-refractivity contribution is 5.95. The van der Waals surface area contributed by atoms with Crippen molar-refractivity contribution >= 4 is 17.6 Å². The smallest absolute Gasteiger partial charge is 0.231 e. The maximum Gasteiger partial charge on any atom is 0.231 e. The first-order valence-electron chi connectivity index (χ1n) is 13.7. The van der Waals surface area contributed by atoms with Crippen molar-refractivity contribution in [1.29, 1.82) is 0 Å². The van der Waals surface area contributed by atoms with Gasteiger partial charge in [-0.2, -0.15) is 0 Å². The van der Waals surface area contributed by atoms with Crippen LogP contribution in [-0.2, 0) is 22.6 Å². The maximum absolute atomic E-state index is 13.8. The summed E-state index contributed by atoms with van der Waals surface area (Å²) in [7, 11) is 0. The first kappa shape index (κ1) is 22.5. The van der Waals surface area contributed by atoms with Gasteiger partial charge in [0.05, 0.1) is 12.2 Å². The normalized spacial score (nSPS) is 32.6. The number of carbonyl (C=O) groups excluding carboxylic acids is 2. The molecule has 1 aromatic heterocycles. The molecule has 1 aliphatic heterocycles. The number of carbonyl (C=O) groups is 2. The van der Waals surface area contributed by atoms with Crippen LogP contribution in [0.2, 0.25) is 0 Å². The summed E-state index contributed by atoms with van der Waals surface area (Å²) in [5.74, 6) is 4.03. The second-order valence-corrected chi connectivity index (χ2v) is 12.8. The Morgan fingerprint density at radius 2 is 1.71 bits per heavy atom. The summed E-state index contributed by atoms with van der Waals surface area (Å²) in [5.41, 5.74) is 1.62. The summed E-state index contributed by atoms with van der Waals surface area (Å²) in [6.45, 7) is 5.57. The molecule has 6 nitrogen and oxygen atoms in total. The average molecular weight is 465 g/mol. The van der Waals surface area contributed by atoms with E-state index in [4.69, 9.17) is 0 Å². The lowest BCUT2D eigenvalue weighted by Gasteiger charge is -2.61. The summed E-state index contributed by atoms with van der Waals surface area (Å²) >= 11 is 0. The molecule has 0 atom stereocenters. The number of aromatic nitrogens is 2. The Morgan fingerprint density at radius 3 is 2.35 bits per heavy atom. The number of amides is 2. The predicted octanol–water partition coefficient (Wildman–Crippen LogP) is 5.12. The van der Waals surface area contributed by atoms with Crippen LogP contribution in [0.4, 0.5) is 5.82 Å². The molecule has 6 aliphatic rings. The quantitative estimate of drug-likeness (QED) is 0.656. The number of fused-ring (bicyclic) bond motifs is 1. The molecule has 34 heavy (non-hydrogen) atoms. The van der Waals surface area contributed by atoms with Gasteiger partial charge in [0.15, 0.2) is 0 Å². The topological polar surface area (TPSA) is 75.2 Å². The standard InChI is InChI=1S/C28H40N4O2/c1-27(2,28-13-19-9-20(14-28)11-21(10-19)15-28)26(34)31-25-22-7-8-32(16-23(22)29-17-30-25)24(33)12-18-5-3-4-6-18/h17-21H,3-16H2,1-2H3,(H,29,30,31,34). The van der Waals surface area contributed by atoms with Crippen LogP contribution in [0.25, 0.3) is 0 Å². The van der Waals surface area contributed by atoms with E-state index >= 15 is 0 Å². The number of hydrogen-bond acceptors (Lipinski definition) is 4. The summed E-state index contributed by atoms with van der Waals surface area (Å²) in [4.78, 5) is 37.6. The molecule has 5 fully saturated rings.